The maximum absolute atomic E-state index is 12.3. The van der Waals surface area contributed by atoms with Gasteiger partial charge in [-0.1, -0.05) is 30.3 Å². The Balaban J connectivity index is 1.35. The number of carbonyl (C=O) groups is 1. The van der Waals surface area contributed by atoms with E-state index in [1.165, 1.54) is 17.3 Å². The zero-order chi connectivity index (χ0) is 17.7. The van der Waals surface area contributed by atoms with Gasteiger partial charge in [0.1, 0.15) is 0 Å². The minimum Gasteiger partial charge on any atom is -0.339 e. The van der Waals surface area contributed by atoms with Gasteiger partial charge in [0.05, 0.1) is 17.3 Å². The molecule has 1 aromatic carbocycles. The molecule has 2 fully saturated rings. The van der Waals surface area contributed by atoms with Gasteiger partial charge in [-0.2, -0.15) is 0 Å². The first-order chi connectivity index (χ1) is 12.0. The van der Waals surface area contributed by atoms with Crippen LogP contribution in [0, 0.1) is 0 Å². The summed E-state index contributed by atoms with van der Waals surface area (Å²) in [5.41, 5.74) is 1.35. The topological polar surface area (TPSA) is 57.7 Å². The Labute approximate surface area is 154 Å². The van der Waals surface area contributed by atoms with Crippen molar-refractivity contribution in [3.63, 3.8) is 0 Å². The third-order valence-electron chi connectivity index (χ3n) is 4.92. The van der Waals surface area contributed by atoms with Gasteiger partial charge >= 0.3 is 0 Å². The number of sulfone groups is 1. The fourth-order valence-electron chi connectivity index (χ4n) is 3.33. The number of thioether (sulfide) groups is 1. The lowest BCUT2D eigenvalue weighted by atomic mass is 10.1. The van der Waals surface area contributed by atoms with E-state index in [2.05, 4.69) is 29.2 Å². The molecule has 138 valence electrons. The minimum absolute atomic E-state index is 0.0983. The Bertz CT molecular complexity index is 671. The molecule has 0 radical (unpaired) electrons. The van der Waals surface area contributed by atoms with Crippen molar-refractivity contribution in [2.24, 2.45) is 0 Å². The number of piperazine rings is 1. The number of rotatable bonds is 6. The van der Waals surface area contributed by atoms with Gasteiger partial charge in [-0.15, -0.1) is 11.8 Å². The van der Waals surface area contributed by atoms with Crippen LogP contribution in [0.15, 0.2) is 30.3 Å². The van der Waals surface area contributed by atoms with Crippen LogP contribution in [0.5, 0.6) is 0 Å². The van der Waals surface area contributed by atoms with Crippen LogP contribution in [-0.2, 0) is 21.1 Å². The Hall–Kier alpha value is -1.05. The van der Waals surface area contributed by atoms with Crippen LogP contribution >= 0.6 is 11.8 Å². The molecule has 0 N–H and O–H groups in total. The molecule has 0 aliphatic carbocycles. The number of nitrogens with zero attached hydrogens (tertiary/aromatic N) is 2. The van der Waals surface area contributed by atoms with Gasteiger partial charge in [-0.3, -0.25) is 9.69 Å². The molecule has 1 unspecified atom stereocenters. The zero-order valence-electron chi connectivity index (χ0n) is 14.5. The van der Waals surface area contributed by atoms with Crippen LogP contribution in [0.1, 0.15) is 12.0 Å². The van der Waals surface area contributed by atoms with E-state index in [0.29, 0.717) is 12.2 Å². The predicted molar refractivity (Wildman–Crippen MR) is 103 cm³/mol. The van der Waals surface area contributed by atoms with Crippen molar-refractivity contribution in [2.45, 2.75) is 18.1 Å². The summed E-state index contributed by atoms with van der Waals surface area (Å²) in [5, 5.41) is 0.0983. The molecule has 0 spiro atoms. The highest BCUT2D eigenvalue weighted by Gasteiger charge is 2.29. The lowest BCUT2D eigenvalue weighted by molar-refractivity contribution is -0.130. The van der Waals surface area contributed by atoms with E-state index in [1.54, 1.807) is 0 Å². The minimum atomic E-state index is -2.86. The van der Waals surface area contributed by atoms with Crippen LogP contribution in [0.25, 0.3) is 0 Å². The standard InChI is InChI=1S/C18H26N2O3S2/c21-18(14-24-17-7-13-25(22,23)15-17)20-11-9-19(10-12-20)8-6-16-4-2-1-3-5-16/h1-5,17H,6-15H2. The van der Waals surface area contributed by atoms with Crippen LogP contribution in [0.2, 0.25) is 0 Å². The van der Waals surface area contributed by atoms with Gasteiger partial charge in [-0.25, -0.2) is 8.42 Å². The van der Waals surface area contributed by atoms with Crippen molar-refractivity contribution in [1.82, 2.24) is 9.80 Å². The first-order valence-corrected chi connectivity index (χ1v) is 11.7. The third-order valence-corrected chi connectivity index (χ3v) is 8.18. The molecule has 1 aromatic rings. The van der Waals surface area contributed by atoms with Crippen LogP contribution < -0.4 is 0 Å². The van der Waals surface area contributed by atoms with Crippen molar-refractivity contribution in [3.8, 4) is 0 Å². The zero-order valence-corrected chi connectivity index (χ0v) is 16.1. The van der Waals surface area contributed by atoms with Crippen molar-refractivity contribution in [3.05, 3.63) is 35.9 Å². The Morgan fingerprint density at radius 3 is 2.48 bits per heavy atom. The molecule has 0 aromatic heterocycles. The van der Waals surface area contributed by atoms with E-state index < -0.39 is 9.84 Å². The summed E-state index contributed by atoms with van der Waals surface area (Å²) < 4.78 is 22.9. The monoisotopic (exact) mass is 382 g/mol. The number of hydrogen-bond acceptors (Lipinski definition) is 5. The molecule has 7 heteroatoms. The Morgan fingerprint density at radius 1 is 1.12 bits per heavy atom. The molecule has 0 bridgehead atoms. The summed E-state index contributed by atoms with van der Waals surface area (Å²) in [6.45, 7) is 4.41. The van der Waals surface area contributed by atoms with Crippen LogP contribution in [0.3, 0.4) is 0 Å². The molecule has 25 heavy (non-hydrogen) atoms. The van der Waals surface area contributed by atoms with Crippen molar-refractivity contribution >= 4 is 27.5 Å². The van der Waals surface area contributed by atoms with Gasteiger partial charge in [0.25, 0.3) is 0 Å². The molecule has 0 saturated carbocycles. The second kappa shape index (κ2) is 8.56. The lowest BCUT2D eigenvalue weighted by Crippen LogP contribution is -2.49. The molecule has 1 amide bonds. The molecule has 2 aliphatic rings. The molecule has 2 saturated heterocycles. The quantitative estimate of drug-likeness (QED) is 0.742. The molecular weight excluding hydrogens is 356 g/mol. The SMILES string of the molecule is O=C(CSC1CCS(=O)(=O)C1)N1CCN(CCc2ccccc2)CC1. The second-order valence-electron chi connectivity index (χ2n) is 6.79. The molecular formula is C18H26N2O3S2. The van der Waals surface area contributed by atoms with Crippen molar-refractivity contribution in [1.29, 1.82) is 0 Å². The summed E-state index contributed by atoms with van der Waals surface area (Å²) in [6.07, 6.45) is 1.73. The average Bonchev–Trinajstić information content (AvgIpc) is 2.98. The van der Waals surface area contributed by atoms with E-state index in [1.807, 2.05) is 11.0 Å². The third kappa shape index (κ3) is 5.72. The van der Waals surface area contributed by atoms with E-state index in [9.17, 15) is 13.2 Å². The fraction of sp³-hybridized carbons (Fsp3) is 0.611. The average molecular weight is 383 g/mol. The largest absolute Gasteiger partial charge is 0.339 e. The molecule has 3 rings (SSSR count). The Kier molecular flexibility index (Phi) is 6.41. The van der Waals surface area contributed by atoms with Gasteiger partial charge in [0, 0.05) is 38.0 Å². The van der Waals surface area contributed by atoms with E-state index in [-0.39, 0.29) is 22.7 Å². The molecule has 5 nitrogen and oxygen atoms in total. The summed E-state index contributed by atoms with van der Waals surface area (Å²) in [4.78, 5) is 16.7. The number of carbonyl (C=O) groups excluding carboxylic acids is 1. The molecule has 1 atom stereocenters. The van der Waals surface area contributed by atoms with Gasteiger partial charge < -0.3 is 4.90 Å². The summed E-state index contributed by atoms with van der Waals surface area (Å²) >= 11 is 1.51. The van der Waals surface area contributed by atoms with Crippen LogP contribution in [-0.4, -0.2) is 79.4 Å². The highest BCUT2D eigenvalue weighted by molar-refractivity contribution is 8.02. The first kappa shape index (κ1) is 18.7. The van der Waals surface area contributed by atoms with E-state index in [0.717, 1.165) is 39.1 Å². The number of hydrogen-bond donors (Lipinski definition) is 0. The smallest absolute Gasteiger partial charge is 0.232 e. The Morgan fingerprint density at radius 2 is 1.84 bits per heavy atom. The first-order valence-electron chi connectivity index (χ1n) is 8.88. The number of amides is 1. The van der Waals surface area contributed by atoms with Crippen LogP contribution in [0.4, 0.5) is 0 Å². The van der Waals surface area contributed by atoms with E-state index >= 15 is 0 Å². The van der Waals surface area contributed by atoms with Gasteiger partial charge in [0.15, 0.2) is 9.84 Å². The van der Waals surface area contributed by atoms with E-state index in [4.69, 9.17) is 0 Å². The maximum atomic E-state index is 12.3. The summed E-state index contributed by atoms with van der Waals surface area (Å²) in [5.74, 6) is 1.07. The summed E-state index contributed by atoms with van der Waals surface area (Å²) in [6, 6.07) is 10.5. The van der Waals surface area contributed by atoms with Gasteiger partial charge in [-0.05, 0) is 18.4 Å². The highest BCUT2D eigenvalue weighted by atomic mass is 32.2. The molecule has 2 heterocycles. The highest BCUT2D eigenvalue weighted by Crippen LogP contribution is 2.24. The lowest BCUT2D eigenvalue weighted by Gasteiger charge is -2.34. The summed E-state index contributed by atoms with van der Waals surface area (Å²) in [7, 11) is -2.86. The number of benzene rings is 1. The maximum Gasteiger partial charge on any atom is 0.232 e. The predicted octanol–water partition coefficient (Wildman–Crippen LogP) is 1.29. The second-order valence-corrected chi connectivity index (χ2v) is 10.3. The van der Waals surface area contributed by atoms with Crippen molar-refractivity contribution < 1.29 is 13.2 Å². The fourth-order valence-corrected chi connectivity index (χ4v) is 6.87. The van der Waals surface area contributed by atoms with Crippen molar-refractivity contribution in [2.75, 3.05) is 50.0 Å². The normalized spacial score (nSPS) is 23.7. The molecule has 2 aliphatic heterocycles. The van der Waals surface area contributed by atoms with Gasteiger partial charge in [0.2, 0.25) is 5.91 Å².